The fourth-order valence-corrected chi connectivity index (χ4v) is 3.57. The van der Waals surface area contributed by atoms with Crippen molar-refractivity contribution in [2.75, 3.05) is 26.2 Å². The fourth-order valence-electron chi connectivity index (χ4n) is 3.57. The van der Waals surface area contributed by atoms with Gasteiger partial charge in [0.1, 0.15) is 18.5 Å². The normalized spacial score (nSPS) is 22.7. The number of rotatable bonds is 6. The minimum absolute atomic E-state index is 0.0804. The number of hydrogen-bond donors (Lipinski definition) is 1. The molecule has 7 nitrogen and oxygen atoms in total. The third-order valence-electron chi connectivity index (χ3n) is 5.15. The van der Waals surface area contributed by atoms with Crippen LogP contribution < -0.4 is 4.74 Å². The largest absolute Gasteiger partial charge is 0.487 e. The second kappa shape index (κ2) is 11.6. The molecule has 3 aliphatic rings. The summed E-state index contributed by atoms with van der Waals surface area (Å²) in [6.45, 7) is 7.05. The third kappa shape index (κ3) is 6.52. The zero-order chi connectivity index (χ0) is 22.9. The number of pyridine rings is 1. The number of piperidine rings is 3. The summed E-state index contributed by atoms with van der Waals surface area (Å²) >= 11 is 0. The van der Waals surface area contributed by atoms with E-state index in [1.807, 2.05) is 19.1 Å². The number of fused-ring (bicyclic) bond motifs is 3. The predicted molar refractivity (Wildman–Crippen MR) is 112 cm³/mol. The van der Waals surface area contributed by atoms with Crippen molar-refractivity contribution < 1.29 is 27.7 Å². The van der Waals surface area contributed by atoms with E-state index < -0.39 is 0 Å². The van der Waals surface area contributed by atoms with E-state index in [0.29, 0.717) is 29.3 Å². The molecule has 2 bridgehead atoms. The standard InChI is InChI=1S/C19H22N2O.C4H6O4/c1-14-2-4-15(5-3-14)18-7-6-17(12-20-18)22-19-13-21-10-8-16(19)9-11-21;1-2-3-4-6-8-7-5/h2-7,12,16,19H,8-11,13H2,1H3;5H,4H2,1H3/t19-;/m0./s1/i4T,5T;. The van der Waals surface area contributed by atoms with E-state index in [0.717, 1.165) is 17.9 Å². The highest BCUT2D eigenvalue weighted by Gasteiger charge is 2.35. The lowest BCUT2D eigenvalue weighted by atomic mass is 9.86. The molecule has 4 heterocycles. The van der Waals surface area contributed by atoms with Crippen molar-refractivity contribution in [1.82, 2.24) is 9.88 Å². The van der Waals surface area contributed by atoms with Crippen molar-refractivity contribution in [1.29, 1.82) is 0 Å². The Morgan fingerprint density at radius 3 is 2.57 bits per heavy atom. The summed E-state index contributed by atoms with van der Waals surface area (Å²) in [5.41, 5.74) is 2.16. The second-order valence-electron chi connectivity index (χ2n) is 7.20. The van der Waals surface area contributed by atoms with Gasteiger partial charge in [-0.05, 0) is 67.9 Å². The third-order valence-corrected chi connectivity index (χ3v) is 5.15. The molecule has 2 aromatic rings. The minimum Gasteiger partial charge on any atom is -0.487 e. The molecule has 0 spiro atoms. The van der Waals surface area contributed by atoms with Gasteiger partial charge in [0.2, 0.25) is 0 Å². The van der Waals surface area contributed by atoms with Gasteiger partial charge in [-0.1, -0.05) is 35.7 Å². The Bertz CT molecular complexity index is 915. The van der Waals surface area contributed by atoms with Crippen LogP contribution in [0.4, 0.5) is 0 Å². The van der Waals surface area contributed by atoms with Gasteiger partial charge in [-0.2, -0.15) is 4.89 Å². The SMILES string of the molecule is CC#CCOOOO.[3H]c1cc(C)cc([3H])c1-c1ccc(O[C@H]2CN3CCC2CC3)cn1. The summed E-state index contributed by atoms with van der Waals surface area (Å²) in [7, 11) is 0. The van der Waals surface area contributed by atoms with Crippen LogP contribution in [0.3, 0.4) is 0 Å². The van der Waals surface area contributed by atoms with E-state index in [1.165, 1.54) is 25.9 Å². The summed E-state index contributed by atoms with van der Waals surface area (Å²) in [6.07, 6.45) is 4.44. The van der Waals surface area contributed by atoms with Crippen LogP contribution in [-0.4, -0.2) is 47.5 Å². The quantitative estimate of drug-likeness (QED) is 0.331. The maximum absolute atomic E-state index is 8.11. The molecular weight excluding hydrogens is 384 g/mol. The van der Waals surface area contributed by atoms with Gasteiger partial charge in [0.15, 0.2) is 0 Å². The van der Waals surface area contributed by atoms with E-state index in [2.05, 4.69) is 36.7 Å². The topological polar surface area (TPSA) is 73.3 Å². The Kier molecular flexibility index (Phi) is 7.57. The number of nitrogens with zero attached hydrogens (tertiary/aromatic N) is 2. The molecule has 5 rings (SSSR count). The lowest BCUT2D eigenvalue weighted by Gasteiger charge is -2.44. The van der Waals surface area contributed by atoms with E-state index in [-0.39, 0.29) is 12.7 Å². The van der Waals surface area contributed by atoms with Gasteiger partial charge < -0.3 is 4.74 Å². The molecule has 0 unspecified atom stereocenters. The van der Waals surface area contributed by atoms with E-state index in [1.54, 1.807) is 25.3 Å². The molecule has 3 fully saturated rings. The van der Waals surface area contributed by atoms with Gasteiger partial charge in [0.05, 0.1) is 14.6 Å². The molecule has 7 heteroatoms. The van der Waals surface area contributed by atoms with Crippen LogP contribution in [0.15, 0.2) is 42.5 Å². The van der Waals surface area contributed by atoms with Crippen LogP contribution in [0.25, 0.3) is 11.3 Å². The molecular formula is C23H28N2O5. The van der Waals surface area contributed by atoms with Crippen LogP contribution in [0, 0.1) is 24.7 Å². The van der Waals surface area contributed by atoms with E-state index in [9.17, 15) is 0 Å². The van der Waals surface area contributed by atoms with Gasteiger partial charge in [-0.15, -0.1) is 5.92 Å². The van der Waals surface area contributed by atoms with Crippen LogP contribution in [0.1, 0.15) is 28.1 Å². The van der Waals surface area contributed by atoms with Crippen molar-refractivity contribution >= 4 is 0 Å². The average molecular weight is 417 g/mol. The highest BCUT2D eigenvalue weighted by atomic mass is 17.6. The fraction of sp³-hybridized carbons (Fsp3) is 0.435. The zero-order valence-electron chi connectivity index (χ0n) is 19.3. The molecule has 0 saturated carbocycles. The number of hydrogen-bond acceptors (Lipinski definition) is 7. The first-order chi connectivity index (χ1) is 15.5. The lowest BCUT2D eigenvalue weighted by Crippen LogP contribution is -2.52. The van der Waals surface area contributed by atoms with Gasteiger partial charge in [-0.25, -0.2) is 5.26 Å². The number of aryl methyl sites for hydroxylation is 1. The molecule has 1 aromatic heterocycles. The Morgan fingerprint density at radius 1 is 1.23 bits per heavy atom. The van der Waals surface area contributed by atoms with Crippen molar-refractivity contribution in [2.45, 2.75) is 32.8 Å². The van der Waals surface area contributed by atoms with Gasteiger partial charge in [0.25, 0.3) is 0 Å². The predicted octanol–water partition coefficient (Wildman–Crippen LogP) is 3.89. The molecule has 1 atom stereocenters. The molecule has 1 N–H and O–H groups in total. The van der Waals surface area contributed by atoms with Crippen LogP contribution in [-0.2, 0) is 15.0 Å². The molecule has 30 heavy (non-hydrogen) atoms. The summed E-state index contributed by atoms with van der Waals surface area (Å²) in [4.78, 5) is 11.0. The van der Waals surface area contributed by atoms with E-state index in [4.69, 9.17) is 12.7 Å². The average Bonchev–Trinajstić information content (AvgIpc) is 2.79. The minimum atomic E-state index is 0.0804. The lowest BCUT2D eigenvalue weighted by molar-refractivity contribution is -0.620. The van der Waals surface area contributed by atoms with Crippen LogP contribution >= 0.6 is 0 Å². The Balaban J connectivity index is 0.000000312. The maximum Gasteiger partial charge on any atom is 0.146 e. The van der Waals surface area contributed by atoms with Gasteiger partial charge in [-0.3, -0.25) is 9.88 Å². The zero-order valence-corrected chi connectivity index (χ0v) is 17.3. The summed E-state index contributed by atoms with van der Waals surface area (Å²) in [5, 5.41) is 14.2. The first-order valence-corrected chi connectivity index (χ1v) is 9.94. The van der Waals surface area contributed by atoms with Crippen molar-refractivity contribution in [3.05, 3.63) is 48.1 Å². The van der Waals surface area contributed by atoms with Crippen molar-refractivity contribution in [3.8, 4) is 28.8 Å². The molecule has 0 aliphatic carbocycles. The summed E-state index contributed by atoms with van der Waals surface area (Å²) in [6, 6.07) is 8.01. The molecule has 3 saturated heterocycles. The molecule has 3 aliphatic heterocycles. The number of ether oxygens (including phenoxy) is 1. The highest BCUT2D eigenvalue weighted by molar-refractivity contribution is 5.59. The van der Waals surface area contributed by atoms with Crippen molar-refractivity contribution in [3.63, 3.8) is 0 Å². The van der Waals surface area contributed by atoms with Crippen LogP contribution in [0.2, 0.25) is 0 Å². The Morgan fingerprint density at radius 2 is 2.00 bits per heavy atom. The Labute approximate surface area is 180 Å². The maximum atomic E-state index is 8.11. The van der Waals surface area contributed by atoms with E-state index >= 15 is 0 Å². The summed E-state index contributed by atoms with van der Waals surface area (Å²) in [5.74, 6) is 6.47. The molecule has 0 radical (unpaired) electrons. The monoisotopic (exact) mass is 416 g/mol. The van der Waals surface area contributed by atoms with Gasteiger partial charge in [0, 0.05) is 12.1 Å². The van der Waals surface area contributed by atoms with Crippen molar-refractivity contribution in [2.24, 2.45) is 5.92 Å². The molecule has 1 aromatic carbocycles. The first kappa shape index (κ1) is 19.5. The smallest absolute Gasteiger partial charge is 0.146 e. The van der Waals surface area contributed by atoms with Crippen LogP contribution in [0.5, 0.6) is 5.75 Å². The number of benzene rings is 1. The molecule has 0 amide bonds. The first-order valence-electron chi connectivity index (χ1n) is 10.9. The highest BCUT2D eigenvalue weighted by Crippen LogP contribution is 2.31. The molecule has 160 valence electrons. The van der Waals surface area contributed by atoms with Gasteiger partial charge >= 0.3 is 0 Å². The Hall–Kier alpha value is -2.47. The second-order valence-corrected chi connectivity index (χ2v) is 7.20. The summed E-state index contributed by atoms with van der Waals surface area (Å²) < 4.78 is 22.4. The number of aromatic nitrogens is 1.